The van der Waals surface area contributed by atoms with Crippen LogP contribution in [0.2, 0.25) is 0 Å². The molecule has 170 valence electrons. The van der Waals surface area contributed by atoms with Crippen LogP contribution in [0.4, 0.5) is 0 Å². The van der Waals surface area contributed by atoms with Crippen molar-refractivity contribution < 1.29 is 0 Å². The molecule has 0 saturated heterocycles. The Morgan fingerprint density at radius 3 is 2.00 bits per heavy atom. The summed E-state index contributed by atoms with van der Waals surface area (Å²) < 4.78 is 0. The molecule has 0 spiro atoms. The van der Waals surface area contributed by atoms with E-state index in [1.165, 1.54) is 64.2 Å². The van der Waals surface area contributed by atoms with Crippen molar-refractivity contribution in [2.24, 2.45) is 56.2 Å². The van der Waals surface area contributed by atoms with Gasteiger partial charge in [-0.1, -0.05) is 67.5 Å². The third-order valence-corrected chi connectivity index (χ3v) is 13.4. The molecule has 0 bridgehead atoms. The molecule has 0 N–H and O–H groups in total. The van der Waals surface area contributed by atoms with Crippen LogP contribution in [0.5, 0.6) is 0 Å². The highest BCUT2D eigenvalue weighted by Gasteiger charge is 2.70. The van der Waals surface area contributed by atoms with Crippen molar-refractivity contribution in [1.29, 1.82) is 0 Å². The molecule has 9 unspecified atom stereocenters. The van der Waals surface area contributed by atoms with Gasteiger partial charge in [-0.3, -0.25) is 0 Å². The Bertz CT molecular complexity index is 745. The Kier molecular flexibility index (Phi) is 4.46. The van der Waals surface area contributed by atoms with Gasteiger partial charge in [0, 0.05) is 0 Å². The van der Waals surface area contributed by atoms with Gasteiger partial charge in [0.25, 0.3) is 0 Å². The highest BCUT2D eigenvalue weighted by molar-refractivity contribution is 5.21. The SMILES string of the molecule is CC1C=CCC2C1(C)CCC1C2(C)CCC2(C)C3CC(C)(C)CCC3(C)CCC12C. The Balaban J connectivity index is 1.56. The van der Waals surface area contributed by atoms with Crippen molar-refractivity contribution >= 4 is 0 Å². The van der Waals surface area contributed by atoms with Gasteiger partial charge in [-0.2, -0.15) is 0 Å². The summed E-state index contributed by atoms with van der Waals surface area (Å²) in [6, 6.07) is 0. The Labute approximate surface area is 188 Å². The fraction of sp³-hybridized carbons (Fsp3) is 0.933. The van der Waals surface area contributed by atoms with Gasteiger partial charge in [0.2, 0.25) is 0 Å². The minimum atomic E-state index is 0.528. The molecule has 0 nitrogen and oxygen atoms in total. The van der Waals surface area contributed by atoms with E-state index in [0.717, 1.165) is 23.7 Å². The van der Waals surface area contributed by atoms with E-state index in [2.05, 4.69) is 67.5 Å². The van der Waals surface area contributed by atoms with Gasteiger partial charge in [-0.25, -0.2) is 0 Å². The lowest BCUT2D eigenvalue weighted by Crippen LogP contribution is -2.67. The second-order valence-electron chi connectivity index (χ2n) is 15.0. The summed E-state index contributed by atoms with van der Waals surface area (Å²) in [6.07, 6.45) is 19.7. The van der Waals surface area contributed by atoms with Crippen molar-refractivity contribution in [3.05, 3.63) is 12.2 Å². The number of hydrogen-bond donors (Lipinski definition) is 0. The smallest absolute Gasteiger partial charge is 0.0205 e. The maximum atomic E-state index is 2.79. The number of fused-ring (bicyclic) bond motifs is 7. The van der Waals surface area contributed by atoms with Crippen LogP contribution in [0.1, 0.15) is 120 Å². The summed E-state index contributed by atoms with van der Waals surface area (Å²) in [4.78, 5) is 0. The van der Waals surface area contributed by atoms with E-state index in [1.807, 2.05) is 0 Å². The summed E-state index contributed by atoms with van der Waals surface area (Å²) in [5.74, 6) is 3.50. The molecule has 0 heteroatoms. The highest BCUT2D eigenvalue weighted by atomic mass is 14.7. The highest BCUT2D eigenvalue weighted by Crippen LogP contribution is 2.78. The zero-order valence-corrected chi connectivity index (χ0v) is 21.5. The second kappa shape index (κ2) is 6.20. The number of rotatable bonds is 0. The predicted octanol–water partition coefficient (Wildman–Crippen LogP) is 9.05. The molecule has 0 aliphatic heterocycles. The largest absolute Gasteiger partial charge is 0.0879 e. The standard InChI is InChI=1S/C30H50/c1-21-10-9-11-22-27(21,5)13-12-23-28(22,6)17-19-30(8)24-20-25(2,3)14-15-26(24,4)16-18-29(23,30)7/h9-10,21-24H,11-20H2,1-8H3. The van der Waals surface area contributed by atoms with Crippen molar-refractivity contribution in [1.82, 2.24) is 0 Å². The summed E-state index contributed by atoms with van der Waals surface area (Å²) in [7, 11) is 0. The lowest BCUT2D eigenvalue weighted by molar-refractivity contribution is -0.253. The fourth-order valence-corrected chi connectivity index (χ4v) is 10.9. The van der Waals surface area contributed by atoms with E-state index in [0.29, 0.717) is 32.5 Å². The van der Waals surface area contributed by atoms with Crippen molar-refractivity contribution in [2.75, 3.05) is 0 Å². The van der Waals surface area contributed by atoms with Crippen LogP contribution >= 0.6 is 0 Å². The minimum absolute atomic E-state index is 0.528. The first-order valence-electron chi connectivity index (χ1n) is 13.5. The van der Waals surface area contributed by atoms with Gasteiger partial charge in [0.05, 0.1) is 0 Å². The Morgan fingerprint density at radius 1 is 0.633 bits per heavy atom. The molecule has 0 aromatic rings. The molecule has 5 rings (SSSR count). The average Bonchev–Trinajstić information content (AvgIpc) is 2.67. The lowest BCUT2D eigenvalue weighted by atomic mass is 9.30. The molecule has 0 amide bonds. The van der Waals surface area contributed by atoms with Gasteiger partial charge >= 0.3 is 0 Å². The van der Waals surface area contributed by atoms with Crippen molar-refractivity contribution in [2.45, 2.75) is 120 Å². The topological polar surface area (TPSA) is 0 Å². The molecule has 0 heterocycles. The molecular formula is C30H50. The van der Waals surface area contributed by atoms with Crippen molar-refractivity contribution in [3.63, 3.8) is 0 Å². The van der Waals surface area contributed by atoms with E-state index in [1.54, 1.807) is 0 Å². The molecule has 4 fully saturated rings. The Morgan fingerprint density at radius 2 is 1.27 bits per heavy atom. The van der Waals surface area contributed by atoms with Crippen LogP contribution in [-0.4, -0.2) is 0 Å². The Hall–Kier alpha value is -0.260. The predicted molar refractivity (Wildman–Crippen MR) is 129 cm³/mol. The van der Waals surface area contributed by atoms with Crippen LogP contribution in [0.15, 0.2) is 12.2 Å². The van der Waals surface area contributed by atoms with Crippen molar-refractivity contribution in [3.8, 4) is 0 Å². The maximum Gasteiger partial charge on any atom is -0.0205 e. The number of hydrogen-bond acceptors (Lipinski definition) is 0. The normalized spacial score (nSPS) is 59.5. The molecular weight excluding hydrogens is 360 g/mol. The molecule has 9 atom stereocenters. The average molecular weight is 411 g/mol. The van der Waals surface area contributed by atoms with Crippen LogP contribution < -0.4 is 0 Å². The van der Waals surface area contributed by atoms with Gasteiger partial charge in [-0.05, 0) is 120 Å². The van der Waals surface area contributed by atoms with E-state index in [4.69, 9.17) is 0 Å². The van der Waals surface area contributed by atoms with Gasteiger partial charge in [-0.15, -0.1) is 0 Å². The quantitative estimate of drug-likeness (QED) is 0.349. The molecule has 30 heavy (non-hydrogen) atoms. The van der Waals surface area contributed by atoms with Crippen LogP contribution in [0.3, 0.4) is 0 Å². The molecule has 5 aliphatic rings. The van der Waals surface area contributed by atoms with Gasteiger partial charge in [0.15, 0.2) is 0 Å². The van der Waals surface area contributed by atoms with Gasteiger partial charge in [0.1, 0.15) is 0 Å². The maximum absolute atomic E-state index is 2.79. The summed E-state index contributed by atoms with van der Waals surface area (Å²) in [5.41, 5.74) is 3.27. The van der Waals surface area contributed by atoms with E-state index >= 15 is 0 Å². The third-order valence-electron chi connectivity index (χ3n) is 13.4. The van der Waals surface area contributed by atoms with Gasteiger partial charge < -0.3 is 0 Å². The number of allylic oxidation sites excluding steroid dienone is 2. The first-order chi connectivity index (χ1) is 13.8. The fourth-order valence-electron chi connectivity index (χ4n) is 10.9. The first-order valence-corrected chi connectivity index (χ1v) is 13.5. The zero-order valence-electron chi connectivity index (χ0n) is 21.5. The summed E-state index contributed by atoms with van der Waals surface area (Å²) >= 11 is 0. The summed E-state index contributed by atoms with van der Waals surface area (Å²) in [6.45, 7) is 21.3. The molecule has 4 saturated carbocycles. The van der Waals surface area contributed by atoms with E-state index in [-0.39, 0.29) is 0 Å². The monoisotopic (exact) mass is 410 g/mol. The van der Waals surface area contributed by atoms with Crippen LogP contribution in [0.25, 0.3) is 0 Å². The summed E-state index contributed by atoms with van der Waals surface area (Å²) in [5, 5.41) is 0. The second-order valence-corrected chi connectivity index (χ2v) is 15.0. The van der Waals surface area contributed by atoms with Crippen LogP contribution in [-0.2, 0) is 0 Å². The first kappa shape index (κ1) is 21.6. The lowest BCUT2D eigenvalue weighted by Gasteiger charge is -2.74. The zero-order chi connectivity index (χ0) is 21.8. The van der Waals surface area contributed by atoms with E-state index < -0.39 is 0 Å². The molecule has 0 aromatic carbocycles. The minimum Gasteiger partial charge on any atom is -0.0879 e. The molecule has 0 radical (unpaired) electrons. The molecule has 5 aliphatic carbocycles. The molecule has 0 aromatic heterocycles. The van der Waals surface area contributed by atoms with Crippen LogP contribution in [0, 0.1) is 56.2 Å². The third kappa shape index (κ3) is 2.52. The van der Waals surface area contributed by atoms with E-state index in [9.17, 15) is 0 Å².